The van der Waals surface area contributed by atoms with E-state index in [9.17, 15) is 5.11 Å². The highest BCUT2D eigenvalue weighted by atomic mass is 16.3. The molecule has 0 aromatic heterocycles. The minimum absolute atomic E-state index is 0.606. The van der Waals surface area contributed by atoms with E-state index in [0.29, 0.717) is 0 Å². The van der Waals surface area contributed by atoms with Gasteiger partial charge in [0.1, 0.15) is 0 Å². The van der Waals surface area contributed by atoms with Crippen molar-refractivity contribution >= 4 is 0 Å². The second kappa shape index (κ2) is 4.85. The van der Waals surface area contributed by atoms with E-state index in [4.69, 9.17) is 26.8 Å². The molecule has 0 rings (SSSR count). The first-order chi connectivity index (χ1) is 5.89. The molecule has 80 valence electrons. The summed E-state index contributed by atoms with van der Waals surface area (Å²) in [6.45, 7) is 0.180. The van der Waals surface area contributed by atoms with Gasteiger partial charge in [-0.3, -0.25) is 0 Å². The Balaban J connectivity index is 4.45. The Morgan fingerprint density at radius 1 is 1.23 bits per heavy atom. The Morgan fingerprint density at radius 3 is 1.85 bits per heavy atom. The molecule has 0 saturated carbocycles. The predicted octanol–water partition coefficient (Wildman–Crippen LogP) is -3.26. The number of rotatable bonds is 5. The van der Waals surface area contributed by atoms with Gasteiger partial charge in [0.15, 0.2) is 0 Å². The monoisotopic (exact) mass is 194 g/mol. The molecule has 0 heterocycles. The molecule has 3 unspecified atom stereocenters. The zero-order valence-corrected chi connectivity index (χ0v) is 7.59. The van der Waals surface area contributed by atoms with Crippen LogP contribution in [0.25, 0.3) is 0 Å². The van der Waals surface area contributed by atoms with Crippen molar-refractivity contribution < 1.29 is 20.4 Å². The van der Waals surface area contributed by atoms with Gasteiger partial charge < -0.3 is 31.9 Å². The molecule has 0 spiro atoms. The third-order valence-corrected chi connectivity index (χ3v) is 2.10. The molecule has 0 radical (unpaired) electrons. The first-order valence-corrected chi connectivity index (χ1v) is 4.01. The summed E-state index contributed by atoms with van der Waals surface area (Å²) in [7, 11) is 0. The third-order valence-electron chi connectivity index (χ3n) is 2.10. The number of aliphatic hydroxyl groups is 4. The maximum atomic E-state index is 9.48. The van der Waals surface area contributed by atoms with Gasteiger partial charge in [0.2, 0.25) is 0 Å². The maximum Gasteiger partial charge on any atom is 0.0940 e. The van der Waals surface area contributed by atoms with Gasteiger partial charge >= 0.3 is 0 Å². The maximum absolute atomic E-state index is 9.48. The van der Waals surface area contributed by atoms with Crippen LogP contribution >= 0.6 is 0 Å². The molecule has 6 nitrogen and oxygen atoms in total. The van der Waals surface area contributed by atoms with Gasteiger partial charge in [0, 0.05) is 0 Å². The van der Waals surface area contributed by atoms with Gasteiger partial charge in [0.05, 0.1) is 37.0 Å². The molecule has 0 aliphatic rings. The highest BCUT2D eigenvalue weighted by Crippen LogP contribution is 2.10. The topological polar surface area (TPSA) is 133 Å². The van der Waals surface area contributed by atoms with Crippen LogP contribution in [-0.4, -0.2) is 57.4 Å². The largest absolute Gasteiger partial charge is 0.394 e. The summed E-state index contributed by atoms with van der Waals surface area (Å²) < 4.78 is 0. The summed E-state index contributed by atoms with van der Waals surface area (Å²) in [6, 6.07) is -0.996. The van der Waals surface area contributed by atoms with Gasteiger partial charge in [0.25, 0.3) is 0 Å². The fourth-order valence-electron chi connectivity index (χ4n) is 0.884. The molecule has 8 N–H and O–H groups in total. The van der Waals surface area contributed by atoms with E-state index in [1.54, 1.807) is 0 Å². The Morgan fingerprint density at radius 2 is 1.62 bits per heavy atom. The molecule has 0 saturated heterocycles. The van der Waals surface area contributed by atoms with Crippen molar-refractivity contribution in [2.24, 2.45) is 11.5 Å². The van der Waals surface area contributed by atoms with Crippen LogP contribution in [0.5, 0.6) is 0 Å². The van der Waals surface area contributed by atoms with Crippen molar-refractivity contribution in [1.29, 1.82) is 0 Å². The lowest BCUT2D eigenvalue weighted by Crippen LogP contribution is -2.64. The standard InChI is InChI=1S/C7H18N2O4/c1-4(12)5(8)6(13)7(9,2-10)3-11/h4-6,10-13H,2-3,8-9H2,1H3. The molecule has 13 heavy (non-hydrogen) atoms. The zero-order valence-electron chi connectivity index (χ0n) is 7.59. The Labute approximate surface area is 76.8 Å². The number of aliphatic hydroxyl groups excluding tert-OH is 4. The van der Waals surface area contributed by atoms with E-state index in [0.717, 1.165) is 0 Å². The van der Waals surface area contributed by atoms with Crippen molar-refractivity contribution in [1.82, 2.24) is 0 Å². The molecule has 0 aromatic rings. The minimum atomic E-state index is -1.57. The van der Waals surface area contributed by atoms with Gasteiger partial charge in [-0.15, -0.1) is 0 Å². The van der Waals surface area contributed by atoms with Crippen LogP contribution < -0.4 is 11.5 Å². The average Bonchev–Trinajstić information content (AvgIpc) is 2.14. The normalized spacial score (nSPS) is 19.6. The van der Waals surface area contributed by atoms with E-state index in [-0.39, 0.29) is 0 Å². The molecule has 0 aromatic carbocycles. The van der Waals surface area contributed by atoms with Crippen molar-refractivity contribution in [2.45, 2.75) is 30.7 Å². The average molecular weight is 194 g/mol. The second-order valence-corrected chi connectivity index (χ2v) is 3.31. The highest BCUT2D eigenvalue weighted by Gasteiger charge is 2.38. The van der Waals surface area contributed by atoms with E-state index < -0.39 is 37.0 Å². The SMILES string of the molecule is CC(O)C(N)C(O)C(N)(CO)CO. The molecule has 3 atom stereocenters. The summed E-state index contributed by atoms with van der Waals surface area (Å²) in [5.41, 5.74) is 9.26. The predicted molar refractivity (Wildman–Crippen MR) is 46.8 cm³/mol. The molecular weight excluding hydrogens is 176 g/mol. The van der Waals surface area contributed by atoms with Crippen LogP contribution in [0.2, 0.25) is 0 Å². The third kappa shape index (κ3) is 2.87. The van der Waals surface area contributed by atoms with Gasteiger partial charge in [-0.2, -0.15) is 0 Å². The molecule has 0 fully saturated rings. The summed E-state index contributed by atoms with van der Waals surface area (Å²) in [5, 5.41) is 36.1. The van der Waals surface area contributed by atoms with Crippen LogP contribution in [-0.2, 0) is 0 Å². The van der Waals surface area contributed by atoms with E-state index in [1.807, 2.05) is 0 Å². The fourth-order valence-corrected chi connectivity index (χ4v) is 0.884. The molecule has 0 aliphatic heterocycles. The highest BCUT2D eigenvalue weighted by molar-refractivity contribution is 4.97. The number of nitrogens with two attached hydrogens (primary N) is 2. The van der Waals surface area contributed by atoms with Crippen LogP contribution in [0.15, 0.2) is 0 Å². The van der Waals surface area contributed by atoms with Crippen molar-refractivity contribution in [3.63, 3.8) is 0 Å². The number of hydrogen-bond donors (Lipinski definition) is 6. The first kappa shape index (κ1) is 12.8. The van der Waals surface area contributed by atoms with Crippen molar-refractivity contribution in [3.8, 4) is 0 Å². The fraction of sp³-hybridized carbons (Fsp3) is 1.00. The molecule has 6 heteroatoms. The smallest absolute Gasteiger partial charge is 0.0940 e. The number of hydrogen-bond acceptors (Lipinski definition) is 6. The van der Waals surface area contributed by atoms with E-state index >= 15 is 0 Å². The van der Waals surface area contributed by atoms with E-state index in [2.05, 4.69) is 0 Å². The molecule has 0 amide bonds. The first-order valence-electron chi connectivity index (χ1n) is 4.01. The van der Waals surface area contributed by atoms with Crippen LogP contribution in [0.3, 0.4) is 0 Å². The van der Waals surface area contributed by atoms with Crippen molar-refractivity contribution in [3.05, 3.63) is 0 Å². The van der Waals surface area contributed by atoms with Gasteiger partial charge in [-0.25, -0.2) is 0 Å². The van der Waals surface area contributed by atoms with Crippen molar-refractivity contribution in [2.75, 3.05) is 13.2 Å². The Kier molecular flexibility index (Phi) is 4.76. The summed E-state index contributed by atoms with van der Waals surface area (Å²) in [6.07, 6.45) is -2.32. The summed E-state index contributed by atoms with van der Waals surface area (Å²) in [4.78, 5) is 0. The molecular formula is C7H18N2O4. The lowest BCUT2D eigenvalue weighted by atomic mass is 9.88. The molecule has 0 aliphatic carbocycles. The van der Waals surface area contributed by atoms with Crippen LogP contribution in [0.4, 0.5) is 0 Å². The van der Waals surface area contributed by atoms with Gasteiger partial charge in [-0.1, -0.05) is 0 Å². The second-order valence-electron chi connectivity index (χ2n) is 3.31. The summed E-state index contributed by atoms with van der Waals surface area (Å²) in [5.74, 6) is 0. The quantitative estimate of drug-likeness (QED) is 0.272. The Bertz CT molecular complexity index is 149. The van der Waals surface area contributed by atoms with Crippen LogP contribution in [0.1, 0.15) is 6.92 Å². The summed E-state index contributed by atoms with van der Waals surface area (Å²) >= 11 is 0. The van der Waals surface area contributed by atoms with Crippen LogP contribution in [0, 0.1) is 0 Å². The zero-order chi connectivity index (χ0) is 10.6. The molecule has 0 bridgehead atoms. The lowest BCUT2D eigenvalue weighted by molar-refractivity contribution is -0.0295. The Hall–Kier alpha value is -0.240. The van der Waals surface area contributed by atoms with Gasteiger partial charge in [-0.05, 0) is 6.92 Å². The lowest BCUT2D eigenvalue weighted by Gasteiger charge is -2.35. The minimum Gasteiger partial charge on any atom is -0.394 e. The van der Waals surface area contributed by atoms with E-state index in [1.165, 1.54) is 6.92 Å².